The zero-order chi connectivity index (χ0) is 20.2. The van der Waals surface area contributed by atoms with Crippen molar-refractivity contribution in [1.82, 2.24) is 9.80 Å². The number of ether oxygens (including phenoxy) is 1. The molecule has 3 aliphatic heterocycles. The fourth-order valence-corrected chi connectivity index (χ4v) is 5.05. The molecule has 1 aromatic carbocycles. The summed E-state index contributed by atoms with van der Waals surface area (Å²) in [4.78, 5) is 32.4. The Morgan fingerprint density at radius 1 is 1.07 bits per heavy atom. The molecule has 3 saturated heterocycles. The molecule has 0 N–H and O–H groups in total. The zero-order valence-electron chi connectivity index (χ0n) is 17.5. The maximum atomic E-state index is 13.3. The van der Waals surface area contributed by atoms with Gasteiger partial charge in [-0.05, 0) is 75.9 Å². The Bertz CT molecular complexity index is 715. The molecule has 158 valence electrons. The van der Waals surface area contributed by atoms with Gasteiger partial charge >= 0.3 is 0 Å². The summed E-state index contributed by atoms with van der Waals surface area (Å²) < 4.78 is 5.20. The highest BCUT2D eigenvalue weighted by molar-refractivity contribution is 6.00. The van der Waals surface area contributed by atoms with E-state index in [4.69, 9.17) is 4.74 Å². The van der Waals surface area contributed by atoms with Crippen LogP contribution in [0.4, 0.5) is 5.69 Å². The average Bonchev–Trinajstić information content (AvgIpc) is 3.42. The van der Waals surface area contributed by atoms with E-state index in [1.165, 1.54) is 32.4 Å². The maximum Gasteiger partial charge on any atom is 0.228 e. The molecule has 0 bridgehead atoms. The van der Waals surface area contributed by atoms with Gasteiger partial charge in [-0.15, -0.1) is 0 Å². The quantitative estimate of drug-likeness (QED) is 0.738. The van der Waals surface area contributed by atoms with Crippen molar-refractivity contribution in [3.05, 3.63) is 24.3 Å². The predicted molar refractivity (Wildman–Crippen MR) is 113 cm³/mol. The Morgan fingerprint density at radius 3 is 2.52 bits per heavy atom. The van der Waals surface area contributed by atoms with E-state index in [0.717, 1.165) is 43.8 Å². The van der Waals surface area contributed by atoms with Gasteiger partial charge in [-0.3, -0.25) is 9.59 Å². The highest BCUT2D eigenvalue weighted by atomic mass is 16.5. The number of amides is 2. The van der Waals surface area contributed by atoms with E-state index in [1.807, 2.05) is 24.3 Å². The lowest BCUT2D eigenvalue weighted by Crippen LogP contribution is -2.48. The van der Waals surface area contributed by atoms with Crippen molar-refractivity contribution in [2.24, 2.45) is 5.92 Å². The standard InChI is InChI=1S/C23H33N3O3/c1-29-21-9-7-20(8-10-21)26-17-18(16-22(26)27)23(28)25-14-3-2-6-19(25)11-15-24-12-4-5-13-24/h7-10,18-19H,2-6,11-17H2,1H3/t18-,19+/m1/s1. The summed E-state index contributed by atoms with van der Waals surface area (Å²) in [5.41, 5.74) is 0.843. The molecule has 29 heavy (non-hydrogen) atoms. The first kappa shape index (κ1) is 20.2. The summed E-state index contributed by atoms with van der Waals surface area (Å²) in [5.74, 6) is 0.763. The number of hydrogen-bond acceptors (Lipinski definition) is 4. The number of carbonyl (C=O) groups excluding carboxylic acids is 2. The highest BCUT2D eigenvalue weighted by Crippen LogP contribution is 2.30. The Kier molecular flexibility index (Phi) is 6.38. The number of hydrogen-bond donors (Lipinski definition) is 0. The fourth-order valence-electron chi connectivity index (χ4n) is 5.05. The van der Waals surface area contributed by atoms with Gasteiger partial charge in [0.25, 0.3) is 0 Å². The highest BCUT2D eigenvalue weighted by Gasteiger charge is 2.39. The van der Waals surface area contributed by atoms with Crippen LogP contribution < -0.4 is 9.64 Å². The van der Waals surface area contributed by atoms with Gasteiger partial charge in [0, 0.05) is 37.8 Å². The summed E-state index contributed by atoms with van der Waals surface area (Å²) in [5, 5.41) is 0. The predicted octanol–water partition coefficient (Wildman–Crippen LogP) is 2.92. The molecule has 0 aromatic heterocycles. The molecule has 6 nitrogen and oxygen atoms in total. The van der Waals surface area contributed by atoms with Crippen LogP contribution in [0.25, 0.3) is 0 Å². The molecule has 0 radical (unpaired) electrons. The van der Waals surface area contributed by atoms with Crippen LogP contribution in [0.1, 0.15) is 44.9 Å². The zero-order valence-corrected chi connectivity index (χ0v) is 17.5. The molecule has 3 heterocycles. The van der Waals surface area contributed by atoms with Crippen LogP contribution in [0.15, 0.2) is 24.3 Å². The first-order valence-corrected chi connectivity index (χ1v) is 11.1. The van der Waals surface area contributed by atoms with E-state index in [2.05, 4.69) is 9.80 Å². The molecule has 3 aliphatic rings. The number of carbonyl (C=O) groups is 2. The monoisotopic (exact) mass is 399 g/mol. The average molecular weight is 400 g/mol. The molecular formula is C23H33N3O3. The topological polar surface area (TPSA) is 53.1 Å². The number of benzene rings is 1. The molecule has 3 fully saturated rings. The third-order valence-electron chi connectivity index (χ3n) is 6.75. The summed E-state index contributed by atoms with van der Waals surface area (Å²) in [6, 6.07) is 7.84. The third kappa shape index (κ3) is 4.58. The third-order valence-corrected chi connectivity index (χ3v) is 6.75. The number of methoxy groups -OCH3 is 1. The Morgan fingerprint density at radius 2 is 1.79 bits per heavy atom. The molecule has 2 atom stereocenters. The van der Waals surface area contributed by atoms with E-state index in [0.29, 0.717) is 19.0 Å². The van der Waals surface area contributed by atoms with Crippen molar-refractivity contribution in [2.75, 3.05) is 44.7 Å². The van der Waals surface area contributed by atoms with Crippen molar-refractivity contribution in [2.45, 2.75) is 51.0 Å². The summed E-state index contributed by atoms with van der Waals surface area (Å²) in [6.07, 6.45) is 7.37. The molecule has 4 rings (SSSR count). The normalized spacial score (nSPS) is 25.6. The Labute approximate surface area is 173 Å². The minimum Gasteiger partial charge on any atom is -0.497 e. The molecule has 6 heteroatoms. The van der Waals surface area contributed by atoms with Crippen LogP contribution in [-0.2, 0) is 9.59 Å². The van der Waals surface area contributed by atoms with Gasteiger partial charge < -0.3 is 19.4 Å². The van der Waals surface area contributed by atoms with Crippen molar-refractivity contribution < 1.29 is 14.3 Å². The minimum atomic E-state index is -0.225. The van der Waals surface area contributed by atoms with Gasteiger partial charge in [0.1, 0.15) is 5.75 Å². The summed E-state index contributed by atoms with van der Waals surface area (Å²) >= 11 is 0. The second kappa shape index (κ2) is 9.16. The van der Waals surface area contributed by atoms with Gasteiger partial charge in [0.05, 0.1) is 13.0 Å². The van der Waals surface area contributed by atoms with Crippen LogP contribution in [0, 0.1) is 5.92 Å². The number of rotatable bonds is 6. The number of piperidine rings is 1. The lowest BCUT2D eigenvalue weighted by Gasteiger charge is -2.38. The van der Waals surface area contributed by atoms with E-state index in [1.54, 1.807) is 12.0 Å². The molecule has 0 spiro atoms. The van der Waals surface area contributed by atoms with Crippen molar-refractivity contribution in [3.8, 4) is 5.75 Å². The lowest BCUT2D eigenvalue weighted by atomic mass is 9.96. The summed E-state index contributed by atoms with van der Waals surface area (Å²) in [6.45, 7) is 4.83. The van der Waals surface area contributed by atoms with Crippen LogP contribution >= 0.6 is 0 Å². The second-order valence-corrected chi connectivity index (χ2v) is 8.62. The van der Waals surface area contributed by atoms with Crippen LogP contribution in [0.3, 0.4) is 0 Å². The molecule has 0 saturated carbocycles. The first-order chi connectivity index (χ1) is 14.2. The molecule has 2 amide bonds. The van der Waals surface area contributed by atoms with Crippen LogP contribution in [0.2, 0.25) is 0 Å². The van der Waals surface area contributed by atoms with Crippen molar-refractivity contribution in [3.63, 3.8) is 0 Å². The Balaban J connectivity index is 1.38. The van der Waals surface area contributed by atoms with Crippen molar-refractivity contribution >= 4 is 17.5 Å². The largest absolute Gasteiger partial charge is 0.497 e. The van der Waals surface area contributed by atoms with Gasteiger partial charge in [-0.25, -0.2) is 0 Å². The Hall–Kier alpha value is -2.08. The fraction of sp³-hybridized carbons (Fsp3) is 0.652. The lowest BCUT2D eigenvalue weighted by molar-refractivity contribution is -0.139. The smallest absolute Gasteiger partial charge is 0.228 e. The van der Waals surface area contributed by atoms with E-state index in [9.17, 15) is 9.59 Å². The first-order valence-electron chi connectivity index (χ1n) is 11.1. The van der Waals surface area contributed by atoms with E-state index in [-0.39, 0.29) is 17.7 Å². The van der Waals surface area contributed by atoms with Crippen molar-refractivity contribution in [1.29, 1.82) is 0 Å². The molecule has 0 aliphatic carbocycles. The second-order valence-electron chi connectivity index (χ2n) is 8.62. The SMILES string of the molecule is COc1ccc(N2C[C@H](C(=O)N3CCCC[C@H]3CCN3CCCC3)CC2=O)cc1. The van der Waals surface area contributed by atoms with Gasteiger partial charge in [-0.2, -0.15) is 0 Å². The number of anilines is 1. The van der Waals surface area contributed by atoms with E-state index >= 15 is 0 Å². The van der Waals surface area contributed by atoms with E-state index < -0.39 is 0 Å². The molecular weight excluding hydrogens is 366 g/mol. The minimum absolute atomic E-state index is 0.0409. The van der Waals surface area contributed by atoms with Gasteiger partial charge in [0.2, 0.25) is 11.8 Å². The number of likely N-dealkylation sites (tertiary alicyclic amines) is 2. The van der Waals surface area contributed by atoms with Crippen LogP contribution in [-0.4, -0.2) is 67.5 Å². The van der Waals surface area contributed by atoms with Gasteiger partial charge in [-0.1, -0.05) is 0 Å². The van der Waals surface area contributed by atoms with Gasteiger partial charge in [0.15, 0.2) is 0 Å². The maximum absolute atomic E-state index is 13.3. The molecule has 0 unspecified atom stereocenters. The molecule has 1 aromatic rings. The van der Waals surface area contributed by atoms with Crippen LogP contribution in [0.5, 0.6) is 5.75 Å². The summed E-state index contributed by atoms with van der Waals surface area (Å²) in [7, 11) is 1.63. The number of nitrogens with zero attached hydrogens (tertiary/aromatic N) is 3.